The normalized spacial score (nSPS) is 12.6. The Balaban J connectivity index is 2.40. The third-order valence-electron chi connectivity index (χ3n) is 2.15. The van der Waals surface area contributed by atoms with Crippen LogP contribution in [0.5, 0.6) is 5.75 Å². The lowest BCUT2D eigenvalue weighted by Gasteiger charge is -2.00. The molecule has 0 saturated heterocycles. The second-order valence-corrected chi connectivity index (χ2v) is 3.36. The maximum absolute atomic E-state index is 10.6. The molecule has 2 rings (SSSR count). The summed E-state index contributed by atoms with van der Waals surface area (Å²) in [4.78, 5) is 14.5. The summed E-state index contributed by atoms with van der Waals surface area (Å²) in [7, 11) is 0. The maximum Gasteiger partial charge on any atom is 0.342 e. The highest BCUT2D eigenvalue weighted by molar-refractivity contribution is 5.77. The molecule has 0 bridgehead atoms. The van der Waals surface area contributed by atoms with Crippen LogP contribution in [0.1, 0.15) is 18.9 Å². The van der Waals surface area contributed by atoms with Crippen molar-refractivity contribution in [2.24, 2.45) is 0 Å². The number of oxazole rings is 1. The smallest absolute Gasteiger partial charge is 0.342 e. The third-order valence-corrected chi connectivity index (χ3v) is 2.15. The Morgan fingerprint density at radius 1 is 1.59 bits per heavy atom. The second kappa shape index (κ2) is 4.42. The number of hydrogen-bond acceptors (Lipinski definition) is 5. The molecule has 0 aliphatic rings. The van der Waals surface area contributed by atoms with Gasteiger partial charge in [-0.1, -0.05) is 0 Å². The summed E-state index contributed by atoms with van der Waals surface area (Å²) in [6.45, 7) is 2.38. The van der Waals surface area contributed by atoms with Gasteiger partial charge >= 0.3 is 5.97 Å². The van der Waals surface area contributed by atoms with Crippen molar-refractivity contribution in [3.05, 3.63) is 24.1 Å². The van der Waals surface area contributed by atoms with Gasteiger partial charge in [-0.15, -0.1) is 0 Å². The molecule has 1 aromatic heterocycles. The van der Waals surface area contributed by atoms with Crippen molar-refractivity contribution < 1.29 is 24.2 Å². The van der Waals surface area contributed by atoms with Gasteiger partial charge in [0.1, 0.15) is 11.3 Å². The van der Waals surface area contributed by atoms with Crippen LogP contribution in [0, 0.1) is 0 Å². The quantitative estimate of drug-likeness (QED) is 0.833. The van der Waals surface area contributed by atoms with Gasteiger partial charge in [0.05, 0.1) is 6.61 Å². The van der Waals surface area contributed by atoms with E-state index < -0.39 is 12.1 Å². The van der Waals surface area contributed by atoms with E-state index >= 15 is 0 Å². The average molecular weight is 237 g/mol. The number of carboxylic acid groups (broad SMARTS) is 1. The Kier molecular flexibility index (Phi) is 2.97. The summed E-state index contributed by atoms with van der Waals surface area (Å²) < 4.78 is 10.4. The van der Waals surface area contributed by atoms with Gasteiger partial charge in [-0.2, -0.15) is 0 Å². The van der Waals surface area contributed by atoms with E-state index in [1.807, 2.05) is 6.92 Å². The molecule has 1 aromatic carbocycles. The molecule has 1 heterocycles. The van der Waals surface area contributed by atoms with Crippen LogP contribution in [0.2, 0.25) is 0 Å². The number of benzene rings is 1. The molecular formula is C11H11NO5. The number of aliphatic hydroxyl groups excluding tert-OH is 1. The van der Waals surface area contributed by atoms with Crippen LogP contribution in [0.4, 0.5) is 0 Å². The van der Waals surface area contributed by atoms with E-state index in [4.69, 9.17) is 14.3 Å². The molecule has 6 nitrogen and oxygen atoms in total. The summed E-state index contributed by atoms with van der Waals surface area (Å²) >= 11 is 0. The van der Waals surface area contributed by atoms with Crippen molar-refractivity contribution >= 4 is 17.1 Å². The summed E-state index contributed by atoms with van der Waals surface area (Å²) in [6.07, 6.45) is -1.75. The Morgan fingerprint density at radius 3 is 3.00 bits per heavy atom. The molecule has 0 amide bonds. The summed E-state index contributed by atoms with van der Waals surface area (Å²) in [5.41, 5.74) is 0.856. The molecule has 2 N–H and O–H groups in total. The van der Waals surface area contributed by atoms with E-state index in [-0.39, 0.29) is 5.89 Å². The summed E-state index contributed by atoms with van der Waals surface area (Å²) in [5, 5.41) is 17.9. The van der Waals surface area contributed by atoms with E-state index in [9.17, 15) is 9.90 Å². The van der Waals surface area contributed by atoms with Gasteiger partial charge in [-0.05, 0) is 19.1 Å². The fourth-order valence-corrected chi connectivity index (χ4v) is 1.40. The van der Waals surface area contributed by atoms with Crippen LogP contribution in [0.15, 0.2) is 22.6 Å². The van der Waals surface area contributed by atoms with Crippen LogP contribution in [0.3, 0.4) is 0 Å². The number of rotatable bonds is 4. The van der Waals surface area contributed by atoms with E-state index in [0.717, 1.165) is 0 Å². The fourth-order valence-electron chi connectivity index (χ4n) is 1.40. The number of carbonyl (C=O) groups is 1. The van der Waals surface area contributed by atoms with E-state index in [2.05, 4.69) is 4.98 Å². The van der Waals surface area contributed by atoms with Crippen molar-refractivity contribution in [2.45, 2.75) is 13.0 Å². The van der Waals surface area contributed by atoms with E-state index in [0.29, 0.717) is 23.5 Å². The maximum atomic E-state index is 10.6. The molecule has 6 heteroatoms. The topological polar surface area (TPSA) is 92.8 Å². The minimum absolute atomic E-state index is 0.235. The molecule has 17 heavy (non-hydrogen) atoms. The molecule has 90 valence electrons. The first kappa shape index (κ1) is 11.4. The molecule has 0 fully saturated rings. The number of aromatic nitrogens is 1. The Labute approximate surface area is 96.5 Å². The lowest BCUT2D eigenvalue weighted by molar-refractivity contribution is -0.148. The Hall–Kier alpha value is -2.08. The largest absolute Gasteiger partial charge is 0.494 e. The van der Waals surface area contributed by atoms with Gasteiger partial charge in [0.25, 0.3) is 0 Å². The highest BCUT2D eigenvalue weighted by atomic mass is 16.5. The summed E-state index contributed by atoms with van der Waals surface area (Å²) in [6, 6.07) is 4.93. The highest BCUT2D eigenvalue weighted by Crippen LogP contribution is 2.24. The minimum Gasteiger partial charge on any atom is -0.494 e. The van der Waals surface area contributed by atoms with Crippen molar-refractivity contribution in [3.8, 4) is 5.75 Å². The number of ether oxygens (including phenoxy) is 1. The SMILES string of the molecule is CCOc1ccc2oc(C(O)C(=O)O)nc2c1. The molecule has 0 aliphatic carbocycles. The van der Waals surface area contributed by atoms with Gasteiger partial charge in [0.2, 0.25) is 12.0 Å². The standard InChI is InChI=1S/C11H11NO5/c1-2-16-6-3-4-8-7(5-6)12-10(17-8)9(13)11(14)15/h3-5,9,13H,2H2,1H3,(H,14,15). The van der Waals surface area contributed by atoms with Crippen LogP contribution >= 0.6 is 0 Å². The first-order chi connectivity index (χ1) is 8.11. The number of nitrogens with zero attached hydrogens (tertiary/aromatic N) is 1. The number of hydrogen-bond donors (Lipinski definition) is 2. The van der Waals surface area contributed by atoms with Crippen molar-refractivity contribution in [1.29, 1.82) is 0 Å². The molecule has 0 saturated carbocycles. The summed E-state index contributed by atoms with van der Waals surface area (Å²) in [5.74, 6) is -1.02. The van der Waals surface area contributed by atoms with Gasteiger partial charge in [-0.25, -0.2) is 9.78 Å². The number of aliphatic carboxylic acids is 1. The van der Waals surface area contributed by atoms with Gasteiger partial charge in [0.15, 0.2) is 5.58 Å². The highest BCUT2D eigenvalue weighted by Gasteiger charge is 2.22. The molecular weight excluding hydrogens is 226 g/mol. The van der Waals surface area contributed by atoms with Crippen LogP contribution in [0.25, 0.3) is 11.1 Å². The van der Waals surface area contributed by atoms with Crippen LogP contribution in [-0.4, -0.2) is 27.8 Å². The molecule has 0 aliphatic heterocycles. The fraction of sp³-hybridized carbons (Fsp3) is 0.273. The second-order valence-electron chi connectivity index (χ2n) is 3.36. The monoisotopic (exact) mass is 237 g/mol. The molecule has 2 aromatic rings. The zero-order chi connectivity index (χ0) is 12.4. The first-order valence-corrected chi connectivity index (χ1v) is 5.06. The van der Waals surface area contributed by atoms with Gasteiger partial charge < -0.3 is 19.4 Å². The zero-order valence-corrected chi connectivity index (χ0v) is 9.08. The number of fused-ring (bicyclic) bond motifs is 1. The lowest BCUT2D eigenvalue weighted by Crippen LogP contribution is -2.10. The number of aliphatic hydroxyl groups is 1. The Bertz CT molecular complexity index is 548. The van der Waals surface area contributed by atoms with Crippen LogP contribution < -0.4 is 4.74 Å². The number of carboxylic acids is 1. The van der Waals surface area contributed by atoms with Crippen molar-refractivity contribution in [2.75, 3.05) is 6.61 Å². The molecule has 0 radical (unpaired) electrons. The lowest BCUT2D eigenvalue weighted by atomic mass is 10.3. The average Bonchev–Trinajstić information content (AvgIpc) is 2.71. The van der Waals surface area contributed by atoms with Gasteiger partial charge in [-0.3, -0.25) is 0 Å². The zero-order valence-electron chi connectivity index (χ0n) is 9.08. The van der Waals surface area contributed by atoms with Crippen molar-refractivity contribution in [3.63, 3.8) is 0 Å². The molecule has 0 spiro atoms. The molecule has 1 unspecified atom stereocenters. The van der Waals surface area contributed by atoms with E-state index in [1.54, 1.807) is 18.2 Å². The van der Waals surface area contributed by atoms with E-state index in [1.165, 1.54) is 0 Å². The van der Waals surface area contributed by atoms with Gasteiger partial charge in [0, 0.05) is 6.07 Å². The minimum atomic E-state index is -1.75. The van der Waals surface area contributed by atoms with Crippen molar-refractivity contribution in [1.82, 2.24) is 4.98 Å². The predicted molar refractivity (Wildman–Crippen MR) is 57.8 cm³/mol. The molecule has 1 atom stereocenters. The third kappa shape index (κ3) is 2.21. The van der Waals surface area contributed by atoms with Crippen LogP contribution in [-0.2, 0) is 4.79 Å². The Morgan fingerprint density at radius 2 is 2.35 bits per heavy atom. The first-order valence-electron chi connectivity index (χ1n) is 5.06. The predicted octanol–water partition coefficient (Wildman–Crippen LogP) is 1.34.